The van der Waals surface area contributed by atoms with Crippen LogP contribution in [0.3, 0.4) is 0 Å². The summed E-state index contributed by atoms with van der Waals surface area (Å²) in [6.45, 7) is 1.81. The average molecular weight is 480 g/mol. The predicted octanol–water partition coefficient (Wildman–Crippen LogP) is 2.70. The second-order valence-corrected chi connectivity index (χ2v) is 10.4. The molecule has 0 spiro atoms. The Morgan fingerprint density at radius 1 is 1.12 bits per heavy atom. The van der Waals surface area contributed by atoms with Gasteiger partial charge in [-0.1, -0.05) is 12.1 Å². The molecular formula is C21H23F2N5O4S. The van der Waals surface area contributed by atoms with Crippen molar-refractivity contribution in [3.63, 3.8) is 0 Å². The first-order chi connectivity index (χ1) is 15.6. The molecule has 1 aromatic carbocycles. The molecule has 1 saturated carbocycles. The molecule has 2 aromatic rings. The number of fused-ring (bicyclic) bond motifs is 1. The van der Waals surface area contributed by atoms with Crippen LogP contribution in [0.2, 0.25) is 0 Å². The van der Waals surface area contributed by atoms with Crippen LogP contribution in [-0.4, -0.2) is 75.2 Å². The van der Waals surface area contributed by atoms with Crippen LogP contribution in [-0.2, 0) is 10.2 Å². The Morgan fingerprint density at radius 3 is 2.33 bits per heavy atom. The molecule has 176 valence electrons. The number of carboxylic acid groups (broad SMARTS) is 1. The van der Waals surface area contributed by atoms with Gasteiger partial charge in [0.1, 0.15) is 0 Å². The number of piperazine rings is 1. The molecule has 12 heteroatoms. The maximum atomic E-state index is 13.4. The standard InChI is InChI=1S/C21H23F2N5O4S/c1-25-19-18(28(33(25,31)32)13-15-12-21(15,22)23)7-6-17(24-19)14-2-4-16(5-3-14)26-8-10-27(11-9-26)20(29)30/h2-7,15H,8-13H2,1H3,(H,29,30). The number of alkyl halides is 2. The number of amides is 1. The number of anilines is 3. The SMILES string of the molecule is CN1c2nc(-c3ccc(N4CCN(C(=O)O)CC4)cc3)ccc2N(CC2CC2(F)F)S1(=O)=O. The third kappa shape index (κ3) is 3.71. The van der Waals surface area contributed by atoms with Crippen molar-refractivity contribution in [2.45, 2.75) is 12.3 Å². The summed E-state index contributed by atoms with van der Waals surface area (Å²) in [5, 5.41) is 9.08. The molecule has 1 amide bonds. The molecule has 1 saturated heterocycles. The molecule has 3 heterocycles. The van der Waals surface area contributed by atoms with Crippen molar-refractivity contribution in [1.29, 1.82) is 0 Å². The quantitative estimate of drug-likeness (QED) is 0.724. The molecular weight excluding hydrogens is 456 g/mol. The van der Waals surface area contributed by atoms with Gasteiger partial charge in [-0.25, -0.2) is 27.2 Å². The minimum absolute atomic E-state index is 0.213. The van der Waals surface area contributed by atoms with Gasteiger partial charge in [-0.05, 0) is 24.3 Å². The van der Waals surface area contributed by atoms with Crippen LogP contribution in [0.5, 0.6) is 0 Å². The van der Waals surface area contributed by atoms with E-state index in [2.05, 4.69) is 9.88 Å². The van der Waals surface area contributed by atoms with Crippen LogP contribution < -0.4 is 13.5 Å². The number of aromatic nitrogens is 1. The molecule has 1 aliphatic carbocycles. The summed E-state index contributed by atoms with van der Waals surface area (Å²) < 4.78 is 54.4. The van der Waals surface area contributed by atoms with Crippen LogP contribution in [0, 0.1) is 5.92 Å². The van der Waals surface area contributed by atoms with Crippen molar-refractivity contribution in [1.82, 2.24) is 9.88 Å². The summed E-state index contributed by atoms with van der Waals surface area (Å²) in [7, 11) is -2.57. The number of nitrogens with zero attached hydrogens (tertiary/aromatic N) is 5. The highest BCUT2D eigenvalue weighted by Gasteiger charge is 2.59. The third-order valence-electron chi connectivity index (χ3n) is 6.47. The van der Waals surface area contributed by atoms with Gasteiger partial charge in [-0.15, -0.1) is 0 Å². The fourth-order valence-electron chi connectivity index (χ4n) is 4.27. The zero-order valence-electron chi connectivity index (χ0n) is 17.9. The molecule has 2 aliphatic heterocycles. The van der Waals surface area contributed by atoms with Crippen molar-refractivity contribution in [2.24, 2.45) is 5.92 Å². The lowest BCUT2D eigenvalue weighted by atomic mass is 10.1. The van der Waals surface area contributed by atoms with E-state index in [4.69, 9.17) is 5.11 Å². The van der Waals surface area contributed by atoms with E-state index in [9.17, 15) is 22.0 Å². The molecule has 0 radical (unpaired) electrons. The van der Waals surface area contributed by atoms with Gasteiger partial charge < -0.3 is 14.9 Å². The molecule has 1 atom stereocenters. The van der Waals surface area contributed by atoms with E-state index in [1.165, 1.54) is 11.9 Å². The zero-order valence-corrected chi connectivity index (χ0v) is 18.7. The molecule has 0 bridgehead atoms. The van der Waals surface area contributed by atoms with Crippen molar-refractivity contribution >= 4 is 33.5 Å². The summed E-state index contributed by atoms with van der Waals surface area (Å²) in [6, 6.07) is 10.9. The number of benzene rings is 1. The number of pyridine rings is 1. The summed E-state index contributed by atoms with van der Waals surface area (Å²) in [4.78, 5) is 19.1. The normalized spacial score (nSPS) is 22.9. The van der Waals surface area contributed by atoms with Gasteiger partial charge >= 0.3 is 16.3 Å². The van der Waals surface area contributed by atoms with E-state index < -0.39 is 28.1 Å². The van der Waals surface area contributed by atoms with Gasteiger partial charge in [0, 0.05) is 63.4 Å². The minimum Gasteiger partial charge on any atom is -0.465 e. The largest absolute Gasteiger partial charge is 0.465 e. The van der Waals surface area contributed by atoms with E-state index >= 15 is 0 Å². The maximum absolute atomic E-state index is 13.4. The highest BCUT2D eigenvalue weighted by atomic mass is 32.2. The molecule has 5 rings (SSSR count). The first-order valence-electron chi connectivity index (χ1n) is 10.6. The Labute approximate surface area is 190 Å². The average Bonchev–Trinajstić information content (AvgIpc) is 3.36. The molecule has 2 fully saturated rings. The maximum Gasteiger partial charge on any atom is 0.407 e. The van der Waals surface area contributed by atoms with Gasteiger partial charge in [-0.2, -0.15) is 8.42 Å². The summed E-state index contributed by atoms with van der Waals surface area (Å²) in [5.74, 6) is -3.58. The van der Waals surface area contributed by atoms with Crippen molar-refractivity contribution in [2.75, 3.05) is 53.3 Å². The summed E-state index contributed by atoms with van der Waals surface area (Å²) in [6.07, 6.45) is -1.22. The Hall–Kier alpha value is -3.15. The molecule has 1 unspecified atom stereocenters. The zero-order chi connectivity index (χ0) is 23.5. The van der Waals surface area contributed by atoms with E-state index in [0.29, 0.717) is 37.6 Å². The second kappa shape index (κ2) is 7.44. The van der Waals surface area contributed by atoms with Gasteiger partial charge in [0.25, 0.3) is 5.92 Å². The molecule has 3 aliphatic rings. The molecule has 9 nitrogen and oxygen atoms in total. The van der Waals surface area contributed by atoms with E-state index in [0.717, 1.165) is 19.9 Å². The topological polar surface area (TPSA) is 97.3 Å². The Morgan fingerprint density at radius 2 is 1.76 bits per heavy atom. The lowest BCUT2D eigenvalue weighted by molar-refractivity contribution is 0.101. The highest BCUT2D eigenvalue weighted by Crippen LogP contribution is 2.51. The van der Waals surface area contributed by atoms with E-state index in [1.54, 1.807) is 12.1 Å². The fraction of sp³-hybridized carbons (Fsp3) is 0.429. The number of hydrogen-bond acceptors (Lipinski definition) is 5. The van der Waals surface area contributed by atoms with Crippen LogP contribution in [0.4, 0.5) is 30.8 Å². The Kier molecular flexibility index (Phi) is 4.89. The van der Waals surface area contributed by atoms with Gasteiger partial charge in [-0.3, -0.25) is 0 Å². The molecule has 33 heavy (non-hydrogen) atoms. The minimum atomic E-state index is -3.94. The lowest BCUT2D eigenvalue weighted by Gasteiger charge is -2.34. The number of halogens is 2. The molecule has 1 aromatic heterocycles. The van der Waals surface area contributed by atoms with Crippen molar-refractivity contribution < 1.29 is 27.1 Å². The van der Waals surface area contributed by atoms with Crippen LogP contribution in [0.1, 0.15) is 6.42 Å². The van der Waals surface area contributed by atoms with Crippen molar-refractivity contribution in [3.8, 4) is 11.3 Å². The first-order valence-corrected chi connectivity index (χ1v) is 12.0. The van der Waals surface area contributed by atoms with Gasteiger partial charge in [0.05, 0.1) is 11.4 Å². The van der Waals surface area contributed by atoms with Gasteiger partial charge in [0.15, 0.2) is 5.82 Å². The van der Waals surface area contributed by atoms with Crippen LogP contribution >= 0.6 is 0 Å². The monoisotopic (exact) mass is 479 g/mol. The molecule has 1 N–H and O–H groups in total. The Balaban J connectivity index is 1.35. The first kappa shape index (κ1) is 21.7. The van der Waals surface area contributed by atoms with Crippen LogP contribution in [0.15, 0.2) is 36.4 Å². The third-order valence-corrected chi connectivity index (χ3v) is 8.23. The second-order valence-electron chi connectivity index (χ2n) is 8.51. The summed E-state index contributed by atoms with van der Waals surface area (Å²) >= 11 is 0. The Bertz CT molecular complexity index is 1200. The lowest BCUT2D eigenvalue weighted by Crippen LogP contribution is -2.48. The number of carbonyl (C=O) groups is 1. The predicted molar refractivity (Wildman–Crippen MR) is 119 cm³/mol. The number of hydrogen-bond donors (Lipinski definition) is 1. The van der Waals surface area contributed by atoms with Gasteiger partial charge in [0.2, 0.25) is 0 Å². The fourth-order valence-corrected chi connectivity index (χ4v) is 5.68. The summed E-state index contributed by atoms with van der Waals surface area (Å²) in [5.41, 5.74) is 2.61. The number of rotatable bonds is 4. The van der Waals surface area contributed by atoms with E-state index in [-0.39, 0.29) is 18.8 Å². The van der Waals surface area contributed by atoms with Crippen molar-refractivity contribution in [3.05, 3.63) is 36.4 Å². The van der Waals surface area contributed by atoms with Crippen LogP contribution in [0.25, 0.3) is 11.3 Å². The smallest absolute Gasteiger partial charge is 0.407 e. The highest BCUT2D eigenvalue weighted by molar-refractivity contribution is 7.94. The van der Waals surface area contributed by atoms with E-state index in [1.807, 2.05) is 24.3 Å².